The first-order valence-corrected chi connectivity index (χ1v) is 8.21. The van der Waals surface area contributed by atoms with E-state index in [0.29, 0.717) is 18.4 Å². The fourth-order valence-corrected chi connectivity index (χ4v) is 2.91. The van der Waals surface area contributed by atoms with Crippen molar-refractivity contribution >= 4 is 21.7 Å². The Hall–Kier alpha value is -0.870. The smallest absolute Gasteiger partial charge is 0.176 e. The van der Waals surface area contributed by atoms with E-state index in [1.807, 2.05) is 18.2 Å². The number of methoxy groups -OCH3 is 1. The average Bonchev–Trinajstić information content (AvgIpc) is 2.36. The molecular weight excluding hydrogens is 330 g/mol. The molecule has 0 spiro atoms. The molecular formula is C17H26BrNO2. The minimum atomic E-state index is 0.152. The molecule has 0 heterocycles. The molecule has 0 amide bonds. The summed E-state index contributed by atoms with van der Waals surface area (Å²) in [6.07, 6.45) is 0. The summed E-state index contributed by atoms with van der Waals surface area (Å²) >= 11 is 3.43. The van der Waals surface area contributed by atoms with Crippen LogP contribution in [0.5, 0.6) is 5.75 Å². The Labute approximate surface area is 136 Å². The van der Waals surface area contributed by atoms with E-state index in [-0.39, 0.29) is 5.78 Å². The third-order valence-corrected chi connectivity index (χ3v) is 3.71. The van der Waals surface area contributed by atoms with E-state index in [2.05, 4.69) is 48.5 Å². The van der Waals surface area contributed by atoms with E-state index in [1.54, 1.807) is 7.11 Å². The lowest BCUT2D eigenvalue weighted by Crippen LogP contribution is -2.35. The number of ketones is 1. The van der Waals surface area contributed by atoms with Gasteiger partial charge in [-0.15, -0.1) is 0 Å². The van der Waals surface area contributed by atoms with E-state index < -0.39 is 0 Å². The minimum Gasteiger partial charge on any atom is -0.496 e. The Balaban J connectivity index is 2.78. The van der Waals surface area contributed by atoms with Crippen LogP contribution in [-0.4, -0.2) is 37.4 Å². The van der Waals surface area contributed by atoms with Gasteiger partial charge in [-0.3, -0.25) is 9.69 Å². The highest BCUT2D eigenvalue weighted by atomic mass is 79.9. The van der Waals surface area contributed by atoms with Crippen LogP contribution in [-0.2, 0) is 0 Å². The number of hydrogen-bond donors (Lipinski definition) is 0. The van der Waals surface area contributed by atoms with E-state index in [1.165, 1.54) is 0 Å². The zero-order valence-electron chi connectivity index (χ0n) is 13.6. The quantitative estimate of drug-likeness (QED) is 0.652. The van der Waals surface area contributed by atoms with E-state index in [9.17, 15) is 4.79 Å². The summed E-state index contributed by atoms with van der Waals surface area (Å²) in [6.45, 7) is 11.1. The van der Waals surface area contributed by atoms with Crippen molar-refractivity contribution in [1.29, 1.82) is 0 Å². The fourth-order valence-electron chi connectivity index (χ4n) is 2.37. The number of benzene rings is 1. The highest BCUT2D eigenvalue weighted by Gasteiger charge is 2.16. The van der Waals surface area contributed by atoms with Gasteiger partial charge in [-0.05, 0) is 46.0 Å². The molecule has 21 heavy (non-hydrogen) atoms. The molecule has 4 heteroatoms. The second-order valence-electron chi connectivity index (χ2n) is 6.25. The van der Waals surface area contributed by atoms with E-state index >= 15 is 0 Å². The molecule has 0 N–H and O–H groups in total. The van der Waals surface area contributed by atoms with Crippen LogP contribution in [0.25, 0.3) is 0 Å². The van der Waals surface area contributed by atoms with Crippen LogP contribution in [0.3, 0.4) is 0 Å². The van der Waals surface area contributed by atoms with Gasteiger partial charge in [0.05, 0.1) is 18.1 Å². The molecule has 0 fully saturated rings. The third-order valence-electron chi connectivity index (χ3n) is 3.09. The van der Waals surface area contributed by atoms with Crippen molar-refractivity contribution in [3.05, 3.63) is 28.2 Å². The second-order valence-corrected chi connectivity index (χ2v) is 7.11. The molecule has 1 aromatic rings. The van der Waals surface area contributed by atoms with Gasteiger partial charge >= 0.3 is 0 Å². The van der Waals surface area contributed by atoms with Crippen molar-refractivity contribution in [2.24, 2.45) is 11.8 Å². The van der Waals surface area contributed by atoms with E-state index in [4.69, 9.17) is 4.74 Å². The van der Waals surface area contributed by atoms with Gasteiger partial charge in [-0.1, -0.05) is 27.7 Å². The maximum Gasteiger partial charge on any atom is 0.176 e. The number of ether oxygens (including phenoxy) is 1. The summed E-state index contributed by atoms with van der Waals surface area (Å²) in [7, 11) is 1.62. The number of carbonyl (C=O) groups is 1. The Morgan fingerprint density at radius 3 is 2.19 bits per heavy atom. The zero-order chi connectivity index (χ0) is 16.0. The Kier molecular flexibility index (Phi) is 7.40. The number of halogens is 1. The molecule has 0 unspecified atom stereocenters. The predicted molar refractivity (Wildman–Crippen MR) is 91.1 cm³/mol. The monoisotopic (exact) mass is 355 g/mol. The SMILES string of the molecule is COc1ccc(C(=O)CN(CC(C)C)CC(C)C)cc1Br. The molecule has 0 saturated heterocycles. The number of carbonyl (C=O) groups excluding carboxylic acids is 1. The molecule has 3 nitrogen and oxygen atoms in total. The highest BCUT2D eigenvalue weighted by Crippen LogP contribution is 2.25. The van der Waals surface area contributed by atoms with Gasteiger partial charge in [0, 0.05) is 18.7 Å². The van der Waals surface area contributed by atoms with E-state index in [0.717, 1.165) is 28.9 Å². The van der Waals surface area contributed by atoms with Gasteiger partial charge in [-0.25, -0.2) is 0 Å². The van der Waals surface area contributed by atoms with Crippen LogP contribution in [0.1, 0.15) is 38.1 Å². The number of hydrogen-bond acceptors (Lipinski definition) is 3. The van der Waals surface area contributed by atoms with Crippen molar-refractivity contribution < 1.29 is 9.53 Å². The zero-order valence-corrected chi connectivity index (χ0v) is 15.2. The molecule has 118 valence electrons. The summed E-state index contributed by atoms with van der Waals surface area (Å²) in [4.78, 5) is 14.7. The van der Waals surface area contributed by atoms with Gasteiger partial charge in [0.1, 0.15) is 5.75 Å². The number of rotatable bonds is 8. The normalized spacial score (nSPS) is 11.5. The molecule has 0 bridgehead atoms. The minimum absolute atomic E-state index is 0.152. The molecule has 1 rings (SSSR count). The fraction of sp³-hybridized carbons (Fsp3) is 0.588. The van der Waals surface area contributed by atoms with Crippen LogP contribution < -0.4 is 4.74 Å². The Morgan fingerprint density at radius 1 is 1.19 bits per heavy atom. The van der Waals surface area contributed by atoms with Crippen molar-refractivity contribution in [3.63, 3.8) is 0 Å². The maximum absolute atomic E-state index is 12.5. The highest BCUT2D eigenvalue weighted by molar-refractivity contribution is 9.10. The molecule has 0 aliphatic rings. The molecule has 1 aromatic carbocycles. The van der Waals surface area contributed by atoms with Crippen molar-refractivity contribution in [1.82, 2.24) is 4.90 Å². The first kappa shape index (κ1) is 18.2. The summed E-state index contributed by atoms with van der Waals surface area (Å²) in [6, 6.07) is 5.49. The molecule has 0 aliphatic heterocycles. The standard InChI is InChI=1S/C17H26BrNO2/c1-12(2)9-19(10-13(3)4)11-16(20)14-6-7-17(21-5)15(18)8-14/h6-8,12-13H,9-11H2,1-5H3. The van der Waals surface area contributed by atoms with Crippen LogP contribution in [0, 0.1) is 11.8 Å². The maximum atomic E-state index is 12.5. The van der Waals surface area contributed by atoms with Crippen LogP contribution in [0.4, 0.5) is 0 Å². The first-order valence-electron chi connectivity index (χ1n) is 7.42. The largest absolute Gasteiger partial charge is 0.496 e. The van der Waals surface area contributed by atoms with Gasteiger partial charge in [0.2, 0.25) is 0 Å². The van der Waals surface area contributed by atoms with Crippen LogP contribution >= 0.6 is 15.9 Å². The Morgan fingerprint density at radius 2 is 1.76 bits per heavy atom. The van der Waals surface area contributed by atoms with Crippen molar-refractivity contribution in [3.8, 4) is 5.75 Å². The summed E-state index contributed by atoms with van der Waals surface area (Å²) in [5.41, 5.74) is 0.722. The van der Waals surface area contributed by atoms with Gasteiger partial charge in [-0.2, -0.15) is 0 Å². The third kappa shape index (κ3) is 6.18. The van der Waals surface area contributed by atoms with Gasteiger partial charge in [0.25, 0.3) is 0 Å². The summed E-state index contributed by atoms with van der Waals surface area (Å²) in [5, 5.41) is 0. The lowest BCUT2D eigenvalue weighted by Gasteiger charge is -2.25. The first-order chi connectivity index (χ1) is 9.83. The molecule has 0 aromatic heterocycles. The van der Waals surface area contributed by atoms with Gasteiger partial charge < -0.3 is 4.74 Å². The molecule has 0 atom stereocenters. The lowest BCUT2D eigenvalue weighted by molar-refractivity contribution is 0.0912. The lowest BCUT2D eigenvalue weighted by atomic mass is 10.1. The number of Topliss-reactive ketones (excluding diaryl/α,β-unsaturated/α-hetero) is 1. The molecule has 0 aliphatic carbocycles. The summed E-state index contributed by atoms with van der Waals surface area (Å²) < 4.78 is 6.01. The Bertz CT molecular complexity index is 462. The van der Waals surface area contributed by atoms with Crippen molar-refractivity contribution in [2.45, 2.75) is 27.7 Å². The van der Waals surface area contributed by atoms with Crippen LogP contribution in [0.15, 0.2) is 22.7 Å². The topological polar surface area (TPSA) is 29.5 Å². The van der Waals surface area contributed by atoms with Gasteiger partial charge in [0.15, 0.2) is 5.78 Å². The molecule has 0 radical (unpaired) electrons. The average molecular weight is 356 g/mol. The second kappa shape index (κ2) is 8.54. The van der Waals surface area contributed by atoms with Crippen molar-refractivity contribution in [2.75, 3.05) is 26.7 Å². The predicted octanol–water partition coefficient (Wildman–Crippen LogP) is 4.25. The summed E-state index contributed by atoms with van der Waals surface area (Å²) in [5.74, 6) is 2.01. The molecule has 0 saturated carbocycles. The van der Waals surface area contributed by atoms with Crippen LogP contribution in [0.2, 0.25) is 0 Å². The number of nitrogens with zero attached hydrogens (tertiary/aromatic N) is 1.